The first-order valence-electron chi connectivity index (χ1n) is 6.16. The molecule has 0 unspecified atom stereocenters. The molecule has 0 saturated carbocycles. The number of pyridine rings is 1. The van der Waals surface area contributed by atoms with Gasteiger partial charge in [-0.15, -0.1) is 0 Å². The normalized spacial score (nSPS) is 9.83. The van der Waals surface area contributed by atoms with Crippen LogP contribution < -0.4 is 4.90 Å². The van der Waals surface area contributed by atoms with Gasteiger partial charge in [-0.05, 0) is 24.5 Å². The van der Waals surface area contributed by atoms with Gasteiger partial charge in [0.25, 0.3) is 0 Å². The molecular weight excluding hydrogens is 224 g/mol. The molecule has 94 valence electrons. The lowest BCUT2D eigenvalue weighted by Gasteiger charge is -2.24. The third kappa shape index (κ3) is 4.07. The molecule has 0 atom stereocenters. The summed E-state index contributed by atoms with van der Waals surface area (Å²) in [5.74, 6) is 1.28. The molecule has 1 aromatic rings. The molecular formula is C14H18N4. The van der Waals surface area contributed by atoms with Gasteiger partial charge in [0.1, 0.15) is 11.9 Å². The van der Waals surface area contributed by atoms with Gasteiger partial charge < -0.3 is 4.90 Å². The minimum Gasteiger partial charge on any atom is -0.354 e. The van der Waals surface area contributed by atoms with Gasteiger partial charge in [-0.2, -0.15) is 10.5 Å². The molecule has 0 spiro atoms. The second kappa shape index (κ2) is 7.29. The Labute approximate surface area is 108 Å². The van der Waals surface area contributed by atoms with Crippen LogP contribution in [0.1, 0.15) is 32.3 Å². The van der Waals surface area contributed by atoms with Crippen LogP contribution in [0.2, 0.25) is 0 Å². The standard InChI is InChI=1S/C14H18N4/c1-12(2)6-10-18(9-4-7-15)14-13(11-16)5-3-8-17-14/h3,5,8,12H,4,6,9-10H2,1-2H3. The molecule has 18 heavy (non-hydrogen) atoms. The summed E-state index contributed by atoms with van der Waals surface area (Å²) < 4.78 is 0. The number of hydrogen-bond donors (Lipinski definition) is 0. The maximum Gasteiger partial charge on any atom is 0.146 e. The lowest BCUT2D eigenvalue weighted by atomic mass is 10.1. The molecule has 0 N–H and O–H groups in total. The van der Waals surface area contributed by atoms with Crippen LogP contribution >= 0.6 is 0 Å². The topological polar surface area (TPSA) is 63.7 Å². The summed E-state index contributed by atoms with van der Waals surface area (Å²) in [6.45, 7) is 5.76. The maximum absolute atomic E-state index is 9.09. The van der Waals surface area contributed by atoms with Crippen LogP contribution in [0, 0.1) is 28.6 Å². The maximum atomic E-state index is 9.09. The van der Waals surface area contributed by atoms with Gasteiger partial charge in [-0.3, -0.25) is 0 Å². The quantitative estimate of drug-likeness (QED) is 0.769. The lowest BCUT2D eigenvalue weighted by molar-refractivity contribution is 0.571. The molecule has 0 amide bonds. The van der Waals surface area contributed by atoms with E-state index in [2.05, 4.69) is 31.0 Å². The number of anilines is 1. The highest BCUT2D eigenvalue weighted by Crippen LogP contribution is 2.17. The van der Waals surface area contributed by atoms with Crippen molar-refractivity contribution in [2.45, 2.75) is 26.7 Å². The molecule has 0 aliphatic heterocycles. The molecule has 4 heteroatoms. The fourth-order valence-electron chi connectivity index (χ4n) is 1.66. The number of nitrogens with zero attached hydrogens (tertiary/aromatic N) is 4. The van der Waals surface area contributed by atoms with E-state index in [1.165, 1.54) is 0 Å². The Balaban J connectivity index is 2.87. The van der Waals surface area contributed by atoms with Crippen LogP contribution in [-0.2, 0) is 0 Å². The predicted octanol–water partition coefficient (Wildman–Crippen LogP) is 2.72. The zero-order valence-electron chi connectivity index (χ0n) is 10.9. The van der Waals surface area contributed by atoms with Crippen molar-refractivity contribution in [1.82, 2.24) is 4.98 Å². The fraction of sp³-hybridized carbons (Fsp3) is 0.500. The van der Waals surface area contributed by atoms with Gasteiger partial charge in [-0.1, -0.05) is 13.8 Å². The smallest absolute Gasteiger partial charge is 0.146 e. The van der Waals surface area contributed by atoms with Crippen LogP contribution in [0.4, 0.5) is 5.82 Å². The highest BCUT2D eigenvalue weighted by atomic mass is 15.2. The molecule has 1 heterocycles. The first kappa shape index (κ1) is 14.0. The van der Waals surface area contributed by atoms with E-state index >= 15 is 0 Å². The van der Waals surface area contributed by atoms with Gasteiger partial charge in [-0.25, -0.2) is 4.98 Å². The van der Waals surface area contributed by atoms with Crippen LogP contribution in [0.5, 0.6) is 0 Å². The number of nitriles is 2. The first-order valence-corrected chi connectivity index (χ1v) is 6.16. The van der Waals surface area contributed by atoms with E-state index in [1.54, 1.807) is 18.3 Å². The van der Waals surface area contributed by atoms with Crippen LogP contribution in [0.3, 0.4) is 0 Å². The molecule has 0 aromatic carbocycles. The minimum atomic E-state index is 0.444. The summed E-state index contributed by atoms with van der Waals surface area (Å²) in [6.07, 6.45) is 3.15. The average molecular weight is 242 g/mol. The van der Waals surface area contributed by atoms with Gasteiger partial charge in [0.15, 0.2) is 0 Å². The SMILES string of the molecule is CC(C)CCN(CCC#N)c1ncccc1C#N. The highest BCUT2D eigenvalue weighted by molar-refractivity contribution is 5.53. The third-order valence-electron chi connectivity index (χ3n) is 2.68. The molecule has 0 aliphatic rings. The van der Waals surface area contributed by atoms with Crippen LogP contribution in [-0.4, -0.2) is 18.1 Å². The largest absolute Gasteiger partial charge is 0.354 e. The van der Waals surface area contributed by atoms with Crippen LogP contribution in [0.15, 0.2) is 18.3 Å². The van der Waals surface area contributed by atoms with Crippen LogP contribution in [0.25, 0.3) is 0 Å². The van der Waals surface area contributed by atoms with Crippen molar-refractivity contribution < 1.29 is 0 Å². The predicted molar refractivity (Wildman–Crippen MR) is 70.9 cm³/mol. The summed E-state index contributed by atoms with van der Waals surface area (Å²) in [5, 5.41) is 17.8. The van der Waals surface area contributed by atoms with Gasteiger partial charge in [0, 0.05) is 19.3 Å². The summed E-state index contributed by atoms with van der Waals surface area (Å²) >= 11 is 0. The van der Waals surface area contributed by atoms with Crippen molar-refractivity contribution in [1.29, 1.82) is 10.5 Å². The average Bonchev–Trinajstić information content (AvgIpc) is 2.38. The molecule has 0 saturated heterocycles. The van der Waals surface area contributed by atoms with E-state index in [1.807, 2.05) is 4.90 Å². The van der Waals surface area contributed by atoms with Crippen molar-refractivity contribution in [3.8, 4) is 12.1 Å². The Bertz CT molecular complexity index is 454. The molecule has 4 nitrogen and oxygen atoms in total. The van der Waals surface area contributed by atoms with Gasteiger partial charge in [0.05, 0.1) is 18.1 Å². The second-order valence-electron chi connectivity index (χ2n) is 4.56. The number of hydrogen-bond acceptors (Lipinski definition) is 4. The highest BCUT2D eigenvalue weighted by Gasteiger charge is 2.12. The Morgan fingerprint density at radius 3 is 2.72 bits per heavy atom. The molecule has 1 aromatic heterocycles. The summed E-state index contributed by atoms with van der Waals surface area (Å²) in [7, 11) is 0. The van der Waals surface area contributed by atoms with Gasteiger partial charge >= 0.3 is 0 Å². The monoisotopic (exact) mass is 242 g/mol. The Kier molecular flexibility index (Phi) is 5.67. The third-order valence-corrected chi connectivity index (χ3v) is 2.68. The summed E-state index contributed by atoms with van der Waals surface area (Å²) in [4.78, 5) is 6.30. The molecule has 1 rings (SSSR count). The Morgan fingerprint density at radius 1 is 1.33 bits per heavy atom. The van der Waals surface area contributed by atoms with E-state index in [-0.39, 0.29) is 0 Å². The zero-order chi connectivity index (χ0) is 13.4. The van der Waals surface area contributed by atoms with Crippen molar-refractivity contribution in [3.63, 3.8) is 0 Å². The van der Waals surface area contributed by atoms with Crippen molar-refractivity contribution in [2.75, 3.05) is 18.0 Å². The first-order chi connectivity index (χ1) is 8.69. The van der Waals surface area contributed by atoms with E-state index in [4.69, 9.17) is 10.5 Å². The zero-order valence-corrected chi connectivity index (χ0v) is 10.9. The molecule has 0 fully saturated rings. The number of aromatic nitrogens is 1. The molecule has 0 bridgehead atoms. The van der Waals surface area contributed by atoms with E-state index < -0.39 is 0 Å². The summed E-state index contributed by atoms with van der Waals surface area (Å²) in [6, 6.07) is 7.81. The second-order valence-corrected chi connectivity index (χ2v) is 4.56. The van der Waals surface area contributed by atoms with E-state index in [9.17, 15) is 0 Å². The molecule has 0 aliphatic carbocycles. The Morgan fingerprint density at radius 2 is 2.11 bits per heavy atom. The Hall–Kier alpha value is -2.07. The molecule has 0 radical (unpaired) electrons. The van der Waals surface area contributed by atoms with Crippen molar-refractivity contribution in [2.24, 2.45) is 5.92 Å². The van der Waals surface area contributed by atoms with Gasteiger partial charge in [0.2, 0.25) is 0 Å². The minimum absolute atomic E-state index is 0.444. The van der Waals surface area contributed by atoms with E-state index in [0.29, 0.717) is 30.3 Å². The number of rotatable bonds is 6. The summed E-state index contributed by atoms with van der Waals surface area (Å²) in [5.41, 5.74) is 0.569. The van der Waals surface area contributed by atoms with E-state index in [0.717, 1.165) is 13.0 Å². The fourth-order valence-corrected chi connectivity index (χ4v) is 1.66. The lowest BCUT2D eigenvalue weighted by Crippen LogP contribution is -2.28. The van der Waals surface area contributed by atoms with Crippen molar-refractivity contribution in [3.05, 3.63) is 23.9 Å². The van der Waals surface area contributed by atoms with Crippen molar-refractivity contribution >= 4 is 5.82 Å².